The van der Waals surface area contributed by atoms with Crippen LogP contribution >= 0.6 is 35.3 Å². The molecule has 0 bridgehead atoms. The molecule has 0 aliphatic carbocycles. The Bertz CT molecular complexity index is 524. The average molecular weight is 301 g/mol. The van der Waals surface area contributed by atoms with Gasteiger partial charge in [0.1, 0.15) is 5.84 Å². The summed E-state index contributed by atoms with van der Waals surface area (Å²) >= 11 is 7.41. The van der Waals surface area contributed by atoms with Gasteiger partial charge in [0.2, 0.25) is 0 Å². The molecule has 1 aromatic heterocycles. The lowest BCUT2D eigenvalue weighted by Gasteiger charge is -2.11. The maximum Gasteiger partial charge on any atom is 0.140 e. The van der Waals surface area contributed by atoms with Crippen molar-refractivity contribution in [2.24, 2.45) is 0 Å². The number of hydrogen-bond donors (Lipinski definition) is 2. The monoisotopic (exact) mass is 300 g/mol. The first kappa shape index (κ1) is 15.0. The van der Waals surface area contributed by atoms with Crippen LogP contribution in [0.2, 0.25) is 0 Å². The molecule has 0 amide bonds. The quantitative estimate of drug-likeness (QED) is 0.483. The molecule has 1 aromatic carbocycles. The lowest BCUT2D eigenvalue weighted by molar-refractivity contribution is 1.30. The maximum absolute atomic E-state index is 7.97. The zero-order chi connectivity index (χ0) is 12.3. The van der Waals surface area contributed by atoms with Crippen molar-refractivity contribution in [1.29, 1.82) is 5.41 Å². The number of anilines is 1. The van der Waals surface area contributed by atoms with Gasteiger partial charge in [0.25, 0.3) is 0 Å². The van der Waals surface area contributed by atoms with E-state index in [0.717, 1.165) is 21.7 Å². The predicted molar refractivity (Wildman–Crippen MR) is 82.8 cm³/mol. The average Bonchev–Trinajstić information content (AvgIpc) is 2.85. The molecule has 1 heterocycles. The number of alkyl halides is 1. The van der Waals surface area contributed by atoms with Crippen molar-refractivity contribution < 1.29 is 0 Å². The first-order chi connectivity index (χ1) is 8.22. The fourth-order valence-corrected chi connectivity index (χ4v) is 2.50. The van der Waals surface area contributed by atoms with Crippen LogP contribution in [0.5, 0.6) is 0 Å². The zero-order valence-electron chi connectivity index (χ0n) is 9.87. The van der Waals surface area contributed by atoms with Crippen molar-refractivity contribution in [3.8, 4) is 0 Å². The van der Waals surface area contributed by atoms with Crippen LogP contribution in [0.4, 0.5) is 5.69 Å². The van der Waals surface area contributed by atoms with E-state index in [0.29, 0.717) is 11.7 Å². The van der Waals surface area contributed by atoms with E-state index >= 15 is 0 Å². The Morgan fingerprint density at radius 3 is 2.72 bits per heavy atom. The molecule has 18 heavy (non-hydrogen) atoms. The van der Waals surface area contributed by atoms with E-state index in [1.54, 1.807) is 11.3 Å². The smallest absolute Gasteiger partial charge is 0.140 e. The molecule has 0 atom stereocenters. The molecule has 2 aromatic rings. The Morgan fingerprint density at radius 1 is 1.33 bits per heavy atom. The van der Waals surface area contributed by atoms with Crippen LogP contribution in [-0.4, -0.2) is 5.84 Å². The van der Waals surface area contributed by atoms with Crippen LogP contribution < -0.4 is 5.32 Å². The number of thiophene rings is 1. The van der Waals surface area contributed by atoms with Crippen molar-refractivity contribution in [2.75, 3.05) is 5.32 Å². The van der Waals surface area contributed by atoms with E-state index in [-0.39, 0.29) is 12.4 Å². The molecule has 0 saturated heterocycles. The van der Waals surface area contributed by atoms with Gasteiger partial charge in [-0.05, 0) is 35.6 Å². The standard InChI is InChI=1S/C13H13ClN2S.ClH/c1-9-10(8-14)4-2-5-11(9)16-13(15)12-6-3-7-17-12;/h2-7H,8H2,1H3,(H2,15,16);1H. The van der Waals surface area contributed by atoms with Gasteiger partial charge >= 0.3 is 0 Å². The molecule has 0 radical (unpaired) electrons. The molecule has 0 aliphatic rings. The first-order valence-electron chi connectivity index (χ1n) is 5.26. The minimum absolute atomic E-state index is 0. The first-order valence-corrected chi connectivity index (χ1v) is 6.67. The number of nitrogens with one attached hydrogen (secondary N) is 2. The van der Waals surface area contributed by atoms with Gasteiger partial charge in [-0.2, -0.15) is 0 Å². The molecular weight excluding hydrogens is 287 g/mol. The zero-order valence-corrected chi connectivity index (χ0v) is 12.3. The molecule has 2 nitrogen and oxygen atoms in total. The summed E-state index contributed by atoms with van der Waals surface area (Å²) in [4.78, 5) is 0.931. The van der Waals surface area contributed by atoms with Crippen LogP contribution in [0, 0.1) is 12.3 Å². The molecule has 0 saturated carbocycles. The van der Waals surface area contributed by atoms with Crippen molar-refractivity contribution in [1.82, 2.24) is 0 Å². The second-order valence-corrected chi connectivity index (χ2v) is 4.92. The molecule has 0 aliphatic heterocycles. The fourth-order valence-electron chi connectivity index (χ4n) is 1.58. The Hall–Kier alpha value is -1.03. The highest BCUT2D eigenvalue weighted by Gasteiger charge is 2.06. The SMILES string of the molecule is Cc1c(CCl)cccc1NC(=N)c1cccs1.Cl. The highest BCUT2D eigenvalue weighted by molar-refractivity contribution is 7.12. The highest BCUT2D eigenvalue weighted by Crippen LogP contribution is 2.21. The van der Waals surface area contributed by atoms with Gasteiger partial charge in [-0.3, -0.25) is 5.41 Å². The van der Waals surface area contributed by atoms with Crippen LogP contribution in [0.25, 0.3) is 0 Å². The molecule has 0 unspecified atom stereocenters. The van der Waals surface area contributed by atoms with E-state index < -0.39 is 0 Å². The normalized spacial score (nSPS) is 9.67. The molecule has 2 N–H and O–H groups in total. The van der Waals surface area contributed by atoms with E-state index in [2.05, 4.69) is 5.32 Å². The summed E-state index contributed by atoms with van der Waals surface area (Å²) in [6.07, 6.45) is 0. The van der Waals surface area contributed by atoms with Crippen LogP contribution in [0.1, 0.15) is 16.0 Å². The topological polar surface area (TPSA) is 35.9 Å². The number of benzene rings is 1. The predicted octanol–water partition coefficient (Wildman–Crippen LogP) is 4.65. The summed E-state index contributed by atoms with van der Waals surface area (Å²) in [7, 11) is 0. The minimum Gasteiger partial charge on any atom is -0.339 e. The van der Waals surface area contributed by atoms with Crippen LogP contribution in [0.15, 0.2) is 35.7 Å². The molecule has 0 fully saturated rings. The second-order valence-electron chi connectivity index (χ2n) is 3.70. The van der Waals surface area contributed by atoms with E-state index in [1.807, 2.05) is 42.6 Å². The summed E-state index contributed by atoms with van der Waals surface area (Å²) in [5.41, 5.74) is 3.14. The number of halogens is 2. The van der Waals surface area contributed by atoms with Gasteiger partial charge in [0.15, 0.2) is 0 Å². The molecule has 96 valence electrons. The largest absolute Gasteiger partial charge is 0.339 e. The van der Waals surface area contributed by atoms with E-state index in [4.69, 9.17) is 17.0 Å². The summed E-state index contributed by atoms with van der Waals surface area (Å²) in [6, 6.07) is 9.80. The van der Waals surface area contributed by atoms with Crippen LogP contribution in [-0.2, 0) is 5.88 Å². The summed E-state index contributed by atoms with van der Waals surface area (Å²) < 4.78 is 0. The lowest BCUT2D eigenvalue weighted by atomic mass is 10.1. The van der Waals surface area contributed by atoms with E-state index in [1.165, 1.54) is 0 Å². The minimum atomic E-state index is 0. The third-order valence-corrected chi connectivity index (χ3v) is 3.79. The van der Waals surface area contributed by atoms with Crippen LogP contribution in [0.3, 0.4) is 0 Å². The molecular formula is C13H14Cl2N2S. The number of amidine groups is 1. The van der Waals surface area contributed by atoms with Gasteiger partial charge in [0, 0.05) is 11.6 Å². The summed E-state index contributed by atoms with van der Waals surface area (Å²) in [5.74, 6) is 0.920. The molecule has 2 rings (SSSR count). The summed E-state index contributed by atoms with van der Waals surface area (Å²) in [5, 5.41) is 13.1. The lowest BCUT2D eigenvalue weighted by Crippen LogP contribution is -2.11. The van der Waals surface area contributed by atoms with E-state index in [9.17, 15) is 0 Å². The van der Waals surface area contributed by atoms with Gasteiger partial charge < -0.3 is 5.32 Å². The Labute approximate surface area is 122 Å². The molecule has 5 heteroatoms. The van der Waals surface area contributed by atoms with Crippen molar-refractivity contribution in [3.05, 3.63) is 51.7 Å². The number of hydrogen-bond acceptors (Lipinski definition) is 2. The second kappa shape index (κ2) is 6.78. The third-order valence-electron chi connectivity index (χ3n) is 2.62. The van der Waals surface area contributed by atoms with Crippen molar-refractivity contribution >= 4 is 46.9 Å². The number of rotatable bonds is 3. The van der Waals surface area contributed by atoms with Crippen molar-refractivity contribution in [2.45, 2.75) is 12.8 Å². The Balaban J connectivity index is 0.00000162. The van der Waals surface area contributed by atoms with Crippen molar-refractivity contribution in [3.63, 3.8) is 0 Å². The van der Waals surface area contributed by atoms with Gasteiger partial charge in [0.05, 0.1) is 4.88 Å². The Kier molecular flexibility index (Phi) is 5.66. The highest BCUT2D eigenvalue weighted by atomic mass is 35.5. The Morgan fingerprint density at radius 2 is 2.11 bits per heavy atom. The summed E-state index contributed by atoms with van der Waals surface area (Å²) in [6.45, 7) is 2.02. The van der Waals surface area contributed by atoms with Gasteiger partial charge in [-0.1, -0.05) is 18.2 Å². The fraction of sp³-hybridized carbons (Fsp3) is 0.154. The maximum atomic E-state index is 7.97. The molecule has 0 spiro atoms. The third kappa shape index (κ3) is 3.25. The van der Waals surface area contributed by atoms with Gasteiger partial charge in [-0.25, -0.2) is 0 Å². The van der Waals surface area contributed by atoms with Gasteiger partial charge in [-0.15, -0.1) is 35.3 Å².